The Morgan fingerprint density at radius 3 is 2.79 bits per heavy atom. The van der Waals surface area contributed by atoms with E-state index in [1.807, 2.05) is 51.1 Å². The van der Waals surface area contributed by atoms with Crippen molar-refractivity contribution in [2.45, 2.75) is 32.9 Å². The Kier molecular flexibility index (Phi) is 4.58. The van der Waals surface area contributed by atoms with Crippen molar-refractivity contribution in [3.63, 3.8) is 0 Å². The van der Waals surface area contributed by atoms with E-state index in [-0.39, 0.29) is 6.09 Å². The molecule has 0 spiro atoms. The molecule has 0 fully saturated rings. The predicted octanol–water partition coefficient (Wildman–Crippen LogP) is 3.82. The van der Waals surface area contributed by atoms with Gasteiger partial charge in [0.25, 0.3) is 0 Å². The van der Waals surface area contributed by atoms with Crippen LogP contribution < -0.4 is 4.74 Å². The zero-order valence-electron chi connectivity index (χ0n) is 16.2. The molecule has 1 aliphatic rings. The zero-order chi connectivity index (χ0) is 19.7. The summed E-state index contributed by atoms with van der Waals surface area (Å²) in [5.41, 5.74) is 3.50. The van der Waals surface area contributed by atoms with Crippen LogP contribution in [0, 0.1) is 0 Å². The van der Waals surface area contributed by atoms with E-state index in [9.17, 15) is 4.79 Å². The molecule has 3 heterocycles. The fraction of sp³-hybridized carbons (Fsp3) is 0.333. The van der Waals surface area contributed by atoms with Gasteiger partial charge >= 0.3 is 6.09 Å². The minimum Gasteiger partial charge on any atom is -0.491 e. The van der Waals surface area contributed by atoms with Crippen molar-refractivity contribution in [1.82, 2.24) is 19.9 Å². The first-order chi connectivity index (χ1) is 13.4. The summed E-state index contributed by atoms with van der Waals surface area (Å²) in [7, 11) is 0. The summed E-state index contributed by atoms with van der Waals surface area (Å²) in [5.74, 6) is 0.754. The molecule has 4 rings (SSSR count). The van der Waals surface area contributed by atoms with E-state index in [4.69, 9.17) is 9.47 Å². The summed E-state index contributed by atoms with van der Waals surface area (Å²) >= 11 is 0. The zero-order valence-corrected chi connectivity index (χ0v) is 16.2. The topological polar surface area (TPSA) is 77.4 Å². The lowest BCUT2D eigenvalue weighted by Crippen LogP contribution is -2.37. The number of rotatable bonds is 1. The maximum Gasteiger partial charge on any atom is 0.410 e. The highest BCUT2D eigenvalue weighted by molar-refractivity contribution is 5.75. The molecule has 0 radical (unpaired) electrons. The Bertz CT molecular complexity index is 1030. The van der Waals surface area contributed by atoms with Gasteiger partial charge in [0.05, 0.1) is 18.8 Å². The van der Waals surface area contributed by atoms with Gasteiger partial charge in [0.2, 0.25) is 0 Å². The van der Waals surface area contributed by atoms with Crippen molar-refractivity contribution in [3.05, 3.63) is 48.3 Å². The number of amides is 1. The molecule has 28 heavy (non-hydrogen) atoms. The molecule has 2 aromatic heterocycles. The Morgan fingerprint density at radius 2 is 1.96 bits per heavy atom. The number of benzene rings is 1. The van der Waals surface area contributed by atoms with Crippen LogP contribution in [0.1, 0.15) is 26.3 Å². The van der Waals surface area contributed by atoms with E-state index in [2.05, 4.69) is 15.0 Å². The number of hydrogen-bond donors (Lipinski definition) is 0. The maximum atomic E-state index is 12.4. The summed E-state index contributed by atoms with van der Waals surface area (Å²) in [5, 5.41) is 0. The Hall–Kier alpha value is -3.22. The average molecular weight is 378 g/mol. The minimum atomic E-state index is -0.526. The van der Waals surface area contributed by atoms with E-state index in [0.29, 0.717) is 25.3 Å². The van der Waals surface area contributed by atoms with Crippen LogP contribution in [0.4, 0.5) is 4.79 Å². The van der Waals surface area contributed by atoms with Gasteiger partial charge in [-0.2, -0.15) is 0 Å². The van der Waals surface area contributed by atoms with Gasteiger partial charge < -0.3 is 14.4 Å². The van der Waals surface area contributed by atoms with Crippen LogP contribution in [0.3, 0.4) is 0 Å². The lowest BCUT2D eigenvalue weighted by molar-refractivity contribution is 0.0225. The van der Waals surface area contributed by atoms with E-state index in [1.165, 1.54) is 0 Å². The van der Waals surface area contributed by atoms with Gasteiger partial charge in [-0.15, -0.1) is 0 Å². The lowest BCUT2D eigenvalue weighted by atomic mass is 10.1. The summed E-state index contributed by atoms with van der Waals surface area (Å²) in [6.45, 7) is 6.91. The molecule has 144 valence electrons. The highest BCUT2D eigenvalue weighted by Gasteiger charge is 2.25. The highest BCUT2D eigenvalue weighted by Crippen LogP contribution is 2.30. The Morgan fingerprint density at radius 1 is 1.14 bits per heavy atom. The van der Waals surface area contributed by atoms with Gasteiger partial charge in [-0.3, -0.25) is 4.98 Å². The Balaban J connectivity index is 1.60. The molecule has 7 heteroatoms. The van der Waals surface area contributed by atoms with Gasteiger partial charge in [-0.25, -0.2) is 14.8 Å². The summed E-state index contributed by atoms with van der Waals surface area (Å²) < 4.78 is 11.4. The molecular weight excluding hydrogens is 356 g/mol. The second-order valence-corrected chi connectivity index (χ2v) is 7.67. The quantitative estimate of drug-likeness (QED) is 0.641. The van der Waals surface area contributed by atoms with Gasteiger partial charge in [0.15, 0.2) is 5.65 Å². The van der Waals surface area contributed by atoms with Crippen LogP contribution in [0.25, 0.3) is 22.4 Å². The smallest absolute Gasteiger partial charge is 0.410 e. The van der Waals surface area contributed by atoms with E-state index < -0.39 is 5.60 Å². The van der Waals surface area contributed by atoms with Crippen molar-refractivity contribution in [2.75, 3.05) is 13.2 Å². The molecule has 0 bridgehead atoms. The number of carbonyl (C=O) groups is 1. The van der Waals surface area contributed by atoms with E-state index >= 15 is 0 Å². The first kappa shape index (κ1) is 18.2. The molecule has 0 saturated heterocycles. The lowest BCUT2D eigenvalue weighted by Gasteiger charge is -2.26. The van der Waals surface area contributed by atoms with Crippen molar-refractivity contribution >= 4 is 17.3 Å². The average Bonchev–Trinajstić information content (AvgIpc) is 2.88. The second kappa shape index (κ2) is 7.07. The van der Waals surface area contributed by atoms with Gasteiger partial charge in [-0.1, -0.05) is 12.1 Å². The third-order valence-corrected chi connectivity index (χ3v) is 4.33. The SMILES string of the molecule is CC(C)(C)OC(=O)N1CCOc2cc(-c3ccc4nccnc4n3)ccc2C1. The summed E-state index contributed by atoms with van der Waals surface area (Å²) in [4.78, 5) is 27.2. The van der Waals surface area contributed by atoms with Crippen molar-refractivity contribution in [3.8, 4) is 17.0 Å². The van der Waals surface area contributed by atoms with Crippen LogP contribution in [0.15, 0.2) is 42.7 Å². The van der Waals surface area contributed by atoms with Crippen LogP contribution in [0.2, 0.25) is 0 Å². The van der Waals surface area contributed by atoms with Gasteiger partial charge in [0.1, 0.15) is 23.5 Å². The molecule has 0 aliphatic carbocycles. The number of nitrogens with zero attached hydrogens (tertiary/aromatic N) is 4. The number of ether oxygens (including phenoxy) is 2. The molecule has 0 atom stereocenters. The molecule has 1 amide bonds. The first-order valence-corrected chi connectivity index (χ1v) is 9.21. The van der Waals surface area contributed by atoms with Crippen LogP contribution >= 0.6 is 0 Å². The monoisotopic (exact) mass is 378 g/mol. The number of fused-ring (bicyclic) bond motifs is 2. The summed E-state index contributed by atoms with van der Waals surface area (Å²) in [6, 6.07) is 9.73. The van der Waals surface area contributed by atoms with Gasteiger partial charge in [0, 0.05) is 23.5 Å². The third kappa shape index (κ3) is 3.88. The van der Waals surface area contributed by atoms with Crippen molar-refractivity contribution in [1.29, 1.82) is 0 Å². The molecule has 0 unspecified atom stereocenters. The second-order valence-electron chi connectivity index (χ2n) is 7.67. The normalized spacial score (nSPS) is 14.2. The molecule has 7 nitrogen and oxygen atoms in total. The molecular formula is C21H22N4O3. The Labute approximate surface area is 163 Å². The van der Waals surface area contributed by atoms with Crippen LogP contribution in [0.5, 0.6) is 5.75 Å². The minimum absolute atomic E-state index is 0.331. The van der Waals surface area contributed by atoms with E-state index in [1.54, 1.807) is 17.3 Å². The fourth-order valence-electron chi connectivity index (χ4n) is 3.03. The van der Waals surface area contributed by atoms with E-state index in [0.717, 1.165) is 28.1 Å². The van der Waals surface area contributed by atoms with Crippen LogP contribution in [-0.2, 0) is 11.3 Å². The van der Waals surface area contributed by atoms with Crippen molar-refractivity contribution in [2.24, 2.45) is 0 Å². The molecule has 1 aliphatic heterocycles. The maximum absolute atomic E-state index is 12.4. The molecule has 3 aromatic rings. The fourth-order valence-corrected chi connectivity index (χ4v) is 3.03. The van der Waals surface area contributed by atoms with Crippen LogP contribution in [-0.4, -0.2) is 44.7 Å². The standard InChI is InChI=1S/C21H22N4O3/c1-21(2,3)28-20(26)25-10-11-27-18-12-14(4-5-15(18)13-25)16-6-7-17-19(24-16)23-9-8-22-17/h4-9,12H,10-11,13H2,1-3H3. The number of aromatic nitrogens is 3. The molecule has 1 aromatic carbocycles. The largest absolute Gasteiger partial charge is 0.491 e. The summed E-state index contributed by atoms with van der Waals surface area (Å²) in [6.07, 6.45) is 2.95. The third-order valence-electron chi connectivity index (χ3n) is 4.33. The predicted molar refractivity (Wildman–Crippen MR) is 105 cm³/mol. The highest BCUT2D eigenvalue weighted by atomic mass is 16.6. The first-order valence-electron chi connectivity index (χ1n) is 9.21. The number of hydrogen-bond acceptors (Lipinski definition) is 6. The number of pyridine rings is 1. The van der Waals surface area contributed by atoms with Crippen molar-refractivity contribution < 1.29 is 14.3 Å². The number of carbonyl (C=O) groups excluding carboxylic acids is 1. The molecule has 0 N–H and O–H groups in total. The van der Waals surface area contributed by atoms with Gasteiger partial charge in [-0.05, 0) is 39.0 Å². The molecule has 0 saturated carbocycles.